The fourth-order valence-corrected chi connectivity index (χ4v) is 6.91. The van der Waals surface area contributed by atoms with Crippen LogP contribution in [0.2, 0.25) is 0 Å². The third-order valence-electron chi connectivity index (χ3n) is 10.7. The number of esters is 4. The lowest BCUT2D eigenvalue weighted by atomic mass is 10.1. The van der Waals surface area contributed by atoms with Gasteiger partial charge in [0.1, 0.15) is 45.8 Å². The largest absolute Gasteiger partial charge is 0.494 e. The molecule has 0 N–H and O–H groups in total. The third-order valence-corrected chi connectivity index (χ3v) is 10.7. The van der Waals surface area contributed by atoms with Gasteiger partial charge in [0.05, 0.1) is 31.0 Å². The molecule has 0 fully saturated rings. The Kier molecular flexibility index (Phi) is 21.6. The van der Waals surface area contributed by atoms with Gasteiger partial charge in [-0.1, -0.05) is 90.2 Å². The Morgan fingerprint density at radius 3 is 1.55 bits per heavy atom. The van der Waals surface area contributed by atoms with Crippen LogP contribution in [0.15, 0.2) is 127 Å². The molecule has 0 radical (unpaired) electrons. The lowest BCUT2D eigenvalue weighted by Gasteiger charge is -2.14. The number of unbranched alkanes of at least 4 members (excludes halogenated alkanes) is 12. The summed E-state index contributed by atoms with van der Waals surface area (Å²) in [5, 5.41) is 0. The molecule has 4 aromatic carbocycles. The SMILES string of the molecule is C=CCCCCOc1cc(OCCCCCC)ccc1C(=O)Oc1ccc(OC(=O)C2=CCC(C(=O)Oc3ccc(C(=O)Oc4ccc(OCCCCCCCCCC)cc4)cc3)=C2)cc1. The second-order valence-electron chi connectivity index (χ2n) is 16.1. The van der Waals surface area contributed by atoms with E-state index < -0.39 is 23.9 Å². The quantitative estimate of drug-likeness (QED) is 0.0214. The second-order valence-corrected chi connectivity index (χ2v) is 16.1. The van der Waals surface area contributed by atoms with Crippen LogP contribution in [0.4, 0.5) is 0 Å². The van der Waals surface area contributed by atoms with Gasteiger partial charge >= 0.3 is 23.9 Å². The van der Waals surface area contributed by atoms with Crippen molar-refractivity contribution < 1.29 is 52.3 Å². The zero-order valence-corrected chi connectivity index (χ0v) is 38.5. The molecule has 0 saturated carbocycles. The van der Waals surface area contributed by atoms with Crippen molar-refractivity contribution in [3.8, 4) is 40.2 Å². The minimum atomic E-state index is -0.672. The maximum Gasteiger partial charge on any atom is 0.347 e. The van der Waals surface area contributed by atoms with Crippen molar-refractivity contribution in [2.75, 3.05) is 19.8 Å². The number of hydrogen-bond donors (Lipinski definition) is 0. The standard InChI is InChI=1S/C55H64O11/c1-4-7-10-13-14-15-16-19-36-60-44-26-28-46(29-27-44)63-52(56)41-22-24-45(25-23-41)64-53(57)42-20-21-43(39-42)54(58)65-47-30-32-48(33-31-47)66-55(59)50-35-34-49(61-37-17-11-8-5-2)40-51(50)62-38-18-12-9-6-3/h6,21-35,39-40H,3-5,7-20,36-38H2,1-2H3. The lowest BCUT2D eigenvalue weighted by molar-refractivity contribution is -0.130. The zero-order valence-electron chi connectivity index (χ0n) is 38.5. The molecule has 0 unspecified atom stereocenters. The van der Waals surface area contributed by atoms with Crippen molar-refractivity contribution in [3.63, 3.8) is 0 Å². The molecule has 11 heteroatoms. The molecule has 66 heavy (non-hydrogen) atoms. The average Bonchev–Trinajstić information content (AvgIpc) is 3.84. The van der Waals surface area contributed by atoms with Gasteiger partial charge in [0.25, 0.3) is 0 Å². The Labute approximate surface area is 389 Å². The van der Waals surface area contributed by atoms with Gasteiger partial charge in [0.15, 0.2) is 0 Å². The van der Waals surface area contributed by atoms with E-state index in [2.05, 4.69) is 20.4 Å². The Hall–Kier alpha value is -6.62. The van der Waals surface area contributed by atoms with E-state index in [0.717, 1.165) is 63.5 Å². The van der Waals surface area contributed by atoms with Gasteiger partial charge in [-0.25, -0.2) is 19.2 Å². The first-order chi connectivity index (χ1) is 32.3. The van der Waals surface area contributed by atoms with E-state index in [-0.39, 0.29) is 45.9 Å². The highest BCUT2D eigenvalue weighted by Crippen LogP contribution is 2.29. The minimum absolute atomic E-state index is 0.165. The van der Waals surface area contributed by atoms with Crippen LogP contribution in [0, 0.1) is 0 Å². The Bertz CT molecular complexity index is 2220. The van der Waals surface area contributed by atoms with Crippen LogP contribution in [0.5, 0.6) is 40.2 Å². The van der Waals surface area contributed by atoms with Gasteiger partial charge in [-0.3, -0.25) is 0 Å². The molecule has 0 aromatic heterocycles. The molecule has 0 amide bonds. The third kappa shape index (κ3) is 17.4. The van der Waals surface area contributed by atoms with E-state index in [9.17, 15) is 19.2 Å². The molecule has 11 nitrogen and oxygen atoms in total. The number of ether oxygens (including phenoxy) is 7. The van der Waals surface area contributed by atoms with Crippen LogP contribution in [0.25, 0.3) is 0 Å². The Morgan fingerprint density at radius 1 is 0.485 bits per heavy atom. The summed E-state index contributed by atoms with van der Waals surface area (Å²) in [4.78, 5) is 52.1. The molecular weight excluding hydrogens is 837 g/mol. The van der Waals surface area contributed by atoms with Gasteiger partial charge in [-0.05, 0) is 130 Å². The van der Waals surface area contributed by atoms with Crippen molar-refractivity contribution in [3.05, 3.63) is 138 Å². The predicted octanol–water partition coefficient (Wildman–Crippen LogP) is 13.1. The Balaban J connectivity index is 1.05. The van der Waals surface area contributed by atoms with E-state index in [1.165, 1.54) is 93.1 Å². The molecule has 5 rings (SSSR count). The molecule has 1 aliphatic carbocycles. The number of carbonyl (C=O) groups excluding carboxylic acids is 4. The van der Waals surface area contributed by atoms with E-state index in [4.69, 9.17) is 33.2 Å². The first kappa shape index (κ1) is 50.4. The molecule has 0 spiro atoms. The van der Waals surface area contributed by atoms with E-state index in [1.54, 1.807) is 48.5 Å². The molecular formula is C55H64O11. The van der Waals surface area contributed by atoms with E-state index in [1.807, 2.05) is 6.08 Å². The van der Waals surface area contributed by atoms with Crippen LogP contribution in [0.1, 0.15) is 137 Å². The highest BCUT2D eigenvalue weighted by atomic mass is 16.6. The molecule has 0 aliphatic heterocycles. The monoisotopic (exact) mass is 900 g/mol. The molecule has 350 valence electrons. The van der Waals surface area contributed by atoms with Crippen molar-refractivity contribution in [1.29, 1.82) is 0 Å². The summed E-state index contributed by atoms with van der Waals surface area (Å²) in [7, 11) is 0. The van der Waals surface area contributed by atoms with Crippen molar-refractivity contribution in [1.82, 2.24) is 0 Å². The highest BCUT2D eigenvalue weighted by molar-refractivity contribution is 6.00. The number of allylic oxidation sites excluding steroid dienone is 2. The molecule has 0 saturated heterocycles. The molecule has 0 atom stereocenters. The first-order valence-electron chi connectivity index (χ1n) is 23.5. The number of benzene rings is 4. The van der Waals surface area contributed by atoms with E-state index >= 15 is 0 Å². The summed E-state index contributed by atoms with van der Waals surface area (Å²) in [5.74, 6) is 0.264. The first-order valence-corrected chi connectivity index (χ1v) is 23.5. The summed E-state index contributed by atoms with van der Waals surface area (Å²) >= 11 is 0. The van der Waals surface area contributed by atoms with Crippen LogP contribution < -0.4 is 33.2 Å². The summed E-state index contributed by atoms with van der Waals surface area (Å²) in [6.07, 6.45) is 21.8. The molecule has 4 aromatic rings. The lowest BCUT2D eigenvalue weighted by Crippen LogP contribution is -2.12. The second kappa shape index (κ2) is 28.3. The fourth-order valence-electron chi connectivity index (χ4n) is 6.91. The molecule has 1 aliphatic rings. The smallest absolute Gasteiger partial charge is 0.347 e. The zero-order chi connectivity index (χ0) is 46.8. The topological polar surface area (TPSA) is 133 Å². The normalized spacial score (nSPS) is 11.8. The van der Waals surface area contributed by atoms with Gasteiger partial charge < -0.3 is 33.2 Å². The van der Waals surface area contributed by atoms with Gasteiger partial charge in [0, 0.05) is 11.6 Å². The molecule has 0 heterocycles. The van der Waals surface area contributed by atoms with Gasteiger partial charge in [-0.2, -0.15) is 0 Å². The average molecular weight is 901 g/mol. The predicted molar refractivity (Wildman–Crippen MR) is 255 cm³/mol. The van der Waals surface area contributed by atoms with Crippen LogP contribution >= 0.6 is 0 Å². The van der Waals surface area contributed by atoms with Crippen molar-refractivity contribution >= 4 is 23.9 Å². The van der Waals surface area contributed by atoms with E-state index in [0.29, 0.717) is 37.1 Å². The molecule has 0 bridgehead atoms. The van der Waals surface area contributed by atoms with Crippen LogP contribution in [0.3, 0.4) is 0 Å². The van der Waals surface area contributed by atoms with Gasteiger partial charge in [0.2, 0.25) is 0 Å². The number of hydrogen-bond acceptors (Lipinski definition) is 11. The fraction of sp³-hybridized carbons (Fsp3) is 0.382. The summed E-state index contributed by atoms with van der Waals surface area (Å²) in [6, 6.07) is 24.1. The summed E-state index contributed by atoms with van der Waals surface area (Å²) < 4.78 is 40.0. The maximum absolute atomic E-state index is 13.3. The summed E-state index contributed by atoms with van der Waals surface area (Å²) in [6.45, 7) is 9.79. The minimum Gasteiger partial charge on any atom is -0.494 e. The van der Waals surface area contributed by atoms with Crippen molar-refractivity contribution in [2.24, 2.45) is 0 Å². The van der Waals surface area contributed by atoms with Crippen molar-refractivity contribution in [2.45, 2.75) is 117 Å². The summed E-state index contributed by atoms with van der Waals surface area (Å²) in [5.41, 5.74) is 0.969. The van der Waals surface area contributed by atoms with Crippen LogP contribution in [-0.2, 0) is 9.59 Å². The van der Waals surface area contributed by atoms with Crippen LogP contribution in [-0.4, -0.2) is 43.7 Å². The highest BCUT2D eigenvalue weighted by Gasteiger charge is 2.22. The van der Waals surface area contributed by atoms with Gasteiger partial charge in [-0.15, -0.1) is 6.58 Å². The Morgan fingerprint density at radius 2 is 0.939 bits per heavy atom. The number of rotatable bonds is 30. The maximum atomic E-state index is 13.3. The number of carbonyl (C=O) groups is 4.